The maximum Gasteiger partial charge on any atom is 0.165 e. The quantitative estimate of drug-likeness (QED) is 0.679. The number of anilines is 1. The number of nitrogens with zero attached hydrogens (tertiary/aromatic N) is 1. The van der Waals surface area contributed by atoms with Crippen LogP contribution in [0.5, 0.6) is 5.75 Å². The van der Waals surface area contributed by atoms with Gasteiger partial charge < -0.3 is 9.64 Å². The van der Waals surface area contributed by atoms with E-state index in [1.165, 1.54) is 24.9 Å². The van der Waals surface area contributed by atoms with Crippen LogP contribution in [0, 0.1) is 5.82 Å². The van der Waals surface area contributed by atoms with E-state index in [2.05, 4.69) is 18.7 Å². The highest BCUT2D eigenvalue weighted by Gasteiger charge is 2.21. The van der Waals surface area contributed by atoms with Gasteiger partial charge in [0.25, 0.3) is 0 Å². The first kappa shape index (κ1) is 15.1. The Labute approximate surface area is 121 Å². The van der Waals surface area contributed by atoms with Crippen LogP contribution in [0.3, 0.4) is 0 Å². The van der Waals surface area contributed by atoms with E-state index in [1.54, 1.807) is 6.07 Å². The molecular weight excluding hydrogens is 253 g/mol. The summed E-state index contributed by atoms with van der Waals surface area (Å²) in [6.45, 7) is 7.13. The zero-order valence-electron chi connectivity index (χ0n) is 12.8. The molecule has 0 aromatic heterocycles. The number of benzene rings is 1. The van der Waals surface area contributed by atoms with Crippen LogP contribution in [0.1, 0.15) is 51.5 Å². The third-order valence-electron chi connectivity index (χ3n) is 3.87. The van der Waals surface area contributed by atoms with Crippen LogP contribution in [0.2, 0.25) is 0 Å². The van der Waals surface area contributed by atoms with Gasteiger partial charge in [-0.15, -0.1) is 0 Å². The molecule has 0 unspecified atom stereocenters. The highest BCUT2D eigenvalue weighted by molar-refractivity contribution is 5.60. The molecule has 0 N–H and O–H groups in total. The minimum Gasteiger partial charge on any atom is -0.490 e. The molecule has 0 saturated carbocycles. The average Bonchev–Trinajstić information content (AvgIpc) is 2.48. The Hall–Kier alpha value is -1.25. The zero-order chi connectivity index (χ0) is 14.4. The molecule has 2 rings (SSSR count). The van der Waals surface area contributed by atoms with Crippen LogP contribution in [-0.2, 0) is 6.42 Å². The number of halogens is 1. The fourth-order valence-electron chi connectivity index (χ4n) is 2.88. The third kappa shape index (κ3) is 3.44. The van der Waals surface area contributed by atoms with Gasteiger partial charge in [-0.3, -0.25) is 0 Å². The van der Waals surface area contributed by atoms with E-state index in [0.717, 1.165) is 37.9 Å². The number of ether oxygens (including phenoxy) is 1. The molecule has 1 aliphatic heterocycles. The van der Waals surface area contributed by atoms with Crippen LogP contribution >= 0.6 is 0 Å². The predicted molar refractivity (Wildman–Crippen MR) is 82.2 cm³/mol. The minimum atomic E-state index is -0.214. The molecule has 1 aliphatic rings. The summed E-state index contributed by atoms with van der Waals surface area (Å²) in [4.78, 5) is 2.41. The van der Waals surface area contributed by atoms with Crippen molar-refractivity contribution in [3.8, 4) is 5.75 Å². The summed E-state index contributed by atoms with van der Waals surface area (Å²) >= 11 is 0. The second-order valence-corrected chi connectivity index (χ2v) is 5.52. The van der Waals surface area contributed by atoms with Crippen molar-refractivity contribution in [1.29, 1.82) is 0 Å². The lowest BCUT2D eigenvalue weighted by atomic mass is 10.0. The molecule has 112 valence electrons. The van der Waals surface area contributed by atoms with Gasteiger partial charge in [-0.1, -0.05) is 26.7 Å². The molecule has 0 radical (unpaired) electrons. The van der Waals surface area contributed by atoms with E-state index in [-0.39, 0.29) is 5.82 Å². The maximum atomic E-state index is 13.9. The average molecular weight is 279 g/mol. The van der Waals surface area contributed by atoms with E-state index < -0.39 is 0 Å². The van der Waals surface area contributed by atoms with Crippen molar-refractivity contribution in [2.24, 2.45) is 0 Å². The van der Waals surface area contributed by atoms with Crippen molar-refractivity contribution in [3.05, 3.63) is 23.5 Å². The molecule has 1 aromatic carbocycles. The first-order valence-corrected chi connectivity index (χ1v) is 7.97. The van der Waals surface area contributed by atoms with Gasteiger partial charge in [0.05, 0.1) is 6.61 Å². The summed E-state index contributed by atoms with van der Waals surface area (Å²) < 4.78 is 19.4. The predicted octanol–water partition coefficient (Wildman–Crippen LogP) is 4.56. The molecule has 0 amide bonds. The van der Waals surface area contributed by atoms with Crippen LogP contribution in [0.25, 0.3) is 0 Å². The van der Waals surface area contributed by atoms with Crippen LogP contribution in [0.4, 0.5) is 10.1 Å². The standard InChI is InChI=1S/C17H26FNO/c1-3-5-6-12-19(11-4-2)16-10-9-15(18)17-14(16)8-7-13-20-17/h9-10H,3-8,11-13H2,1-2H3. The summed E-state index contributed by atoms with van der Waals surface area (Å²) in [5.41, 5.74) is 2.25. The van der Waals surface area contributed by atoms with E-state index in [0.29, 0.717) is 12.4 Å². The lowest BCUT2D eigenvalue weighted by molar-refractivity contribution is 0.273. The van der Waals surface area contributed by atoms with Gasteiger partial charge in [0.2, 0.25) is 0 Å². The maximum absolute atomic E-state index is 13.9. The second kappa shape index (κ2) is 7.51. The van der Waals surface area contributed by atoms with Crippen molar-refractivity contribution in [2.45, 2.75) is 52.4 Å². The Morgan fingerprint density at radius 2 is 2.00 bits per heavy atom. The van der Waals surface area contributed by atoms with Gasteiger partial charge in [0.15, 0.2) is 11.6 Å². The first-order chi connectivity index (χ1) is 9.77. The smallest absolute Gasteiger partial charge is 0.165 e. The molecule has 0 atom stereocenters. The van der Waals surface area contributed by atoms with Crippen molar-refractivity contribution >= 4 is 5.69 Å². The second-order valence-electron chi connectivity index (χ2n) is 5.52. The zero-order valence-corrected chi connectivity index (χ0v) is 12.8. The minimum absolute atomic E-state index is 0.214. The normalized spacial score (nSPS) is 13.8. The molecule has 0 bridgehead atoms. The van der Waals surface area contributed by atoms with Crippen LogP contribution in [0.15, 0.2) is 12.1 Å². The Morgan fingerprint density at radius 1 is 1.15 bits per heavy atom. The highest BCUT2D eigenvalue weighted by atomic mass is 19.1. The Kier molecular flexibility index (Phi) is 5.69. The summed E-state index contributed by atoms with van der Waals surface area (Å²) in [7, 11) is 0. The van der Waals surface area contributed by atoms with E-state index in [4.69, 9.17) is 4.74 Å². The largest absolute Gasteiger partial charge is 0.490 e. The molecule has 0 spiro atoms. The molecule has 0 saturated heterocycles. The molecule has 0 fully saturated rings. The fourth-order valence-corrected chi connectivity index (χ4v) is 2.88. The molecule has 20 heavy (non-hydrogen) atoms. The van der Waals surface area contributed by atoms with Crippen molar-refractivity contribution in [1.82, 2.24) is 0 Å². The van der Waals surface area contributed by atoms with Gasteiger partial charge in [-0.05, 0) is 37.8 Å². The highest BCUT2D eigenvalue weighted by Crippen LogP contribution is 2.36. The van der Waals surface area contributed by atoms with Crippen LogP contribution in [-0.4, -0.2) is 19.7 Å². The van der Waals surface area contributed by atoms with Gasteiger partial charge >= 0.3 is 0 Å². The molecule has 1 aromatic rings. The lowest BCUT2D eigenvalue weighted by Gasteiger charge is -2.30. The Morgan fingerprint density at radius 3 is 2.75 bits per heavy atom. The molecule has 1 heterocycles. The monoisotopic (exact) mass is 279 g/mol. The van der Waals surface area contributed by atoms with Gasteiger partial charge in [0, 0.05) is 24.3 Å². The summed E-state index contributed by atoms with van der Waals surface area (Å²) in [6.07, 6.45) is 6.70. The van der Waals surface area contributed by atoms with Crippen molar-refractivity contribution in [3.63, 3.8) is 0 Å². The fraction of sp³-hybridized carbons (Fsp3) is 0.647. The number of rotatable bonds is 7. The topological polar surface area (TPSA) is 12.5 Å². The van der Waals surface area contributed by atoms with E-state index in [9.17, 15) is 4.39 Å². The third-order valence-corrected chi connectivity index (χ3v) is 3.87. The van der Waals surface area contributed by atoms with Gasteiger partial charge in [0.1, 0.15) is 0 Å². The summed E-state index contributed by atoms with van der Waals surface area (Å²) in [6, 6.07) is 3.49. The van der Waals surface area contributed by atoms with E-state index in [1.807, 2.05) is 6.07 Å². The molecule has 0 aliphatic carbocycles. The molecular formula is C17H26FNO. The molecule has 2 nitrogen and oxygen atoms in total. The Balaban J connectivity index is 2.23. The van der Waals surface area contributed by atoms with Crippen molar-refractivity contribution in [2.75, 3.05) is 24.6 Å². The van der Waals surface area contributed by atoms with Crippen molar-refractivity contribution < 1.29 is 9.13 Å². The first-order valence-electron chi connectivity index (χ1n) is 7.97. The Bertz CT molecular complexity index is 433. The van der Waals surface area contributed by atoms with E-state index >= 15 is 0 Å². The summed E-state index contributed by atoms with van der Waals surface area (Å²) in [5, 5.41) is 0. The SMILES string of the molecule is CCCCCN(CCC)c1ccc(F)c2c1CCCO2. The number of hydrogen-bond acceptors (Lipinski definition) is 2. The van der Waals surface area contributed by atoms with Gasteiger partial charge in [-0.2, -0.15) is 0 Å². The summed E-state index contributed by atoms with van der Waals surface area (Å²) in [5.74, 6) is 0.277. The number of unbranched alkanes of at least 4 members (excludes halogenated alkanes) is 2. The number of fused-ring (bicyclic) bond motifs is 1. The lowest BCUT2D eigenvalue weighted by Crippen LogP contribution is -2.27. The van der Waals surface area contributed by atoms with Crippen LogP contribution < -0.4 is 9.64 Å². The molecule has 3 heteroatoms. The number of hydrogen-bond donors (Lipinski definition) is 0. The van der Waals surface area contributed by atoms with Gasteiger partial charge in [-0.25, -0.2) is 4.39 Å².